The maximum absolute atomic E-state index is 11.5. The average Bonchev–Trinajstić information content (AvgIpc) is 2.68. The Morgan fingerprint density at radius 1 is 1.33 bits per heavy atom. The molecular formula is C12H16N4O2. The fraction of sp³-hybridized carbons (Fsp3) is 0.333. The van der Waals surface area contributed by atoms with Gasteiger partial charge in [-0.15, -0.1) is 0 Å². The van der Waals surface area contributed by atoms with E-state index in [2.05, 4.69) is 5.10 Å². The number of aryl methyl sites for hydroxylation is 2. The van der Waals surface area contributed by atoms with Crippen molar-refractivity contribution in [2.75, 3.05) is 12.3 Å². The number of hydrogen-bond acceptors (Lipinski definition) is 4. The van der Waals surface area contributed by atoms with Crippen LogP contribution in [0.25, 0.3) is 0 Å². The number of hydrogen-bond donors (Lipinski definition) is 1. The van der Waals surface area contributed by atoms with E-state index in [9.17, 15) is 4.79 Å². The number of nitrogen functional groups attached to an aromatic ring is 1. The molecule has 0 saturated heterocycles. The third kappa shape index (κ3) is 2.91. The summed E-state index contributed by atoms with van der Waals surface area (Å²) >= 11 is 0. The molecule has 0 fully saturated rings. The average molecular weight is 248 g/mol. The van der Waals surface area contributed by atoms with Crippen molar-refractivity contribution in [3.05, 3.63) is 41.1 Å². The van der Waals surface area contributed by atoms with Crippen molar-refractivity contribution in [3.63, 3.8) is 0 Å². The van der Waals surface area contributed by atoms with Crippen LogP contribution in [-0.4, -0.2) is 21.0 Å². The summed E-state index contributed by atoms with van der Waals surface area (Å²) in [4.78, 5) is 11.5. The molecule has 0 bridgehead atoms. The summed E-state index contributed by atoms with van der Waals surface area (Å²) in [5, 5.41) is 3.97. The molecule has 18 heavy (non-hydrogen) atoms. The molecule has 1 heterocycles. The zero-order chi connectivity index (χ0) is 13.0. The van der Waals surface area contributed by atoms with Crippen molar-refractivity contribution in [3.8, 4) is 5.75 Å². The second-order valence-corrected chi connectivity index (χ2v) is 4.02. The molecule has 0 unspecified atom stereocenters. The number of anilines is 1. The Bertz CT molecular complexity index is 556. The molecule has 0 saturated carbocycles. The molecule has 0 aliphatic rings. The minimum Gasteiger partial charge on any atom is -0.494 e. The van der Waals surface area contributed by atoms with E-state index in [-0.39, 0.29) is 5.69 Å². The van der Waals surface area contributed by atoms with Crippen LogP contribution in [0.4, 0.5) is 5.69 Å². The number of aromatic nitrogens is 3. The standard InChI is InChI=1S/C12H16N4O2/c1-15-9-14-16(12(15)17)7-2-8-18-11-5-3-10(13)4-6-11/h3-6,9H,2,7-8,13H2,1H3. The van der Waals surface area contributed by atoms with Crippen LogP contribution >= 0.6 is 0 Å². The predicted molar refractivity (Wildman–Crippen MR) is 68.4 cm³/mol. The number of benzene rings is 1. The Morgan fingerprint density at radius 2 is 2.06 bits per heavy atom. The van der Waals surface area contributed by atoms with E-state index in [1.165, 1.54) is 15.6 Å². The maximum atomic E-state index is 11.5. The largest absolute Gasteiger partial charge is 0.494 e. The summed E-state index contributed by atoms with van der Waals surface area (Å²) in [5.41, 5.74) is 6.17. The van der Waals surface area contributed by atoms with Crippen molar-refractivity contribution in [1.29, 1.82) is 0 Å². The van der Waals surface area contributed by atoms with Crippen LogP contribution in [0.15, 0.2) is 35.4 Å². The van der Waals surface area contributed by atoms with Crippen molar-refractivity contribution in [1.82, 2.24) is 14.3 Å². The van der Waals surface area contributed by atoms with Gasteiger partial charge in [0.1, 0.15) is 12.1 Å². The van der Waals surface area contributed by atoms with Gasteiger partial charge in [-0.2, -0.15) is 5.10 Å². The number of nitrogens with zero attached hydrogens (tertiary/aromatic N) is 3. The lowest BCUT2D eigenvalue weighted by Crippen LogP contribution is -2.23. The van der Waals surface area contributed by atoms with Gasteiger partial charge in [0.2, 0.25) is 0 Å². The first-order chi connectivity index (χ1) is 8.66. The zero-order valence-electron chi connectivity index (χ0n) is 10.2. The monoisotopic (exact) mass is 248 g/mol. The maximum Gasteiger partial charge on any atom is 0.345 e. The van der Waals surface area contributed by atoms with E-state index in [0.717, 1.165) is 12.2 Å². The highest BCUT2D eigenvalue weighted by Crippen LogP contribution is 2.13. The lowest BCUT2D eigenvalue weighted by molar-refractivity contribution is 0.297. The van der Waals surface area contributed by atoms with Gasteiger partial charge in [-0.25, -0.2) is 9.48 Å². The molecule has 6 nitrogen and oxygen atoms in total. The third-order valence-electron chi connectivity index (χ3n) is 2.55. The van der Waals surface area contributed by atoms with E-state index in [1.54, 1.807) is 19.2 Å². The molecule has 0 radical (unpaired) electrons. The van der Waals surface area contributed by atoms with Crippen LogP contribution in [0, 0.1) is 0 Å². The molecule has 1 aromatic carbocycles. The van der Waals surface area contributed by atoms with Crippen molar-refractivity contribution in [2.24, 2.45) is 7.05 Å². The van der Waals surface area contributed by atoms with Crippen LogP contribution in [0.3, 0.4) is 0 Å². The fourth-order valence-corrected chi connectivity index (χ4v) is 1.54. The van der Waals surface area contributed by atoms with Gasteiger partial charge in [-0.1, -0.05) is 0 Å². The molecular weight excluding hydrogens is 232 g/mol. The molecule has 1 aromatic heterocycles. The van der Waals surface area contributed by atoms with Gasteiger partial charge in [0.15, 0.2) is 0 Å². The van der Waals surface area contributed by atoms with Gasteiger partial charge in [0.25, 0.3) is 0 Å². The first kappa shape index (κ1) is 12.2. The van der Waals surface area contributed by atoms with Crippen LogP contribution in [0.5, 0.6) is 5.75 Å². The van der Waals surface area contributed by atoms with Crippen LogP contribution in [0.1, 0.15) is 6.42 Å². The minimum atomic E-state index is -0.109. The first-order valence-electron chi connectivity index (χ1n) is 5.73. The molecule has 0 aliphatic heterocycles. The Morgan fingerprint density at radius 3 is 2.67 bits per heavy atom. The van der Waals surface area contributed by atoms with Crippen LogP contribution < -0.4 is 16.2 Å². The Kier molecular flexibility index (Phi) is 3.66. The van der Waals surface area contributed by atoms with E-state index in [1.807, 2.05) is 12.1 Å². The predicted octanol–water partition coefficient (Wildman–Crippen LogP) is 0.633. The quantitative estimate of drug-likeness (QED) is 0.622. The Labute approximate surface area is 105 Å². The van der Waals surface area contributed by atoms with Gasteiger partial charge < -0.3 is 10.5 Å². The zero-order valence-corrected chi connectivity index (χ0v) is 10.2. The van der Waals surface area contributed by atoms with E-state index in [4.69, 9.17) is 10.5 Å². The minimum absolute atomic E-state index is 0.109. The summed E-state index contributed by atoms with van der Waals surface area (Å²) in [5.74, 6) is 0.776. The highest BCUT2D eigenvalue weighted by molar-refractivity contribution is 5.41. The SMILES string of the molecule is Cn1cnn(CCCOc2ccc(N)cc2)c1=O. The molecule has 2 rings (SSSR count). The lowest BCUT2D eigenvalue weighted by Gasteiger charge is -2.05. The summed E-state index contributed by atoms with van der Waals surface area (Å²) < 4.78 is 8.39. The Hall–Kier alpha value is -2.24. The molecule has 2 aromatic rings. The summed E-state index contributed by atoms with van der Waals surface area (Å²) in [7, 11) is 1.68. The molecule has 6 heteroatoms. The lowest BCUT2D eigenvalue weighted by atomic mass is 10.3. The second-order valence-electron chi connectivity index (χ2n) is 4.02. The van der Waals surface area contributed by atoms with Crippen molar-refractivity contribution < 1.29 is 4.74 Å². The van der Waals surface area contributed by atoms with Crippen molar-refractivity contribution >= 4 is 5.69 Å². The van der Waals surface area contributed by atoms with E-state index in [0.29, 0.717) is 18.8 Å². The molecule has 96 valence electrons. The summed E-state index contributed by atoms with van der Waals surface area (Å²) in [6.45, 7) is 1.08. The normalized spacial score (nSPS) is 10.5. The van der Waals surface area contributed by atoms with Gasteiger partial charge in [-0.05, 0) is 24.3 Å². The molecule has 0 amide bonds. The molecule has 0 atom stereocenters. The number of ether oxygens (including phenoxy) is 1. The van der Waals surface area contributed by atoms with Gasteiger partial charge >= 0.3 is 5.69 Å². The van der Waals surface area contributed by atoms with Gasteiger partial charge in [0.05, 0.1) is 6.61 Å². The number of nitrogens with two attached hydrogens (primary N) is 1. The van der Waals surface area contributed by atoms with Gasteiger partial charge in [0, 0.05) is 25.7 Å². The second kappa shape index (κ2) is 5.39. The van der Waals surface area contributed by atoms with Crippen LogP contribution in [0.2, 0.25) is 0 Å². The van der Waals surface area contributed by atoms with E-state index >= 15 is 0 Å². The smallest absolute Gasteiger partial charge is 0.345 e. The number of rotatable bonds is 5. The van der Waals surface area contributed by atoms with Crippen molar-refractivity contribution in [2.45, 2.75) is 13.0 Å². The van der Waals surface area contributed by atoms with Gasteiger partial charge in [-0.3, -0.25) is 4.57 Å². The summed E-state index contributed by atoms with van der Waals surface area (Å²) in [6.07, 6.45) is 2.23. The highest BCUT2D eigenvalue weighted by atomic mass is 16.5. The van der Waals surface area contributed by atoms with Crippen LogP contribution in [-0.2, 0) is 13.6 Å². The molecule has 0 spiro atoms. The molecule has 0 aliphatic carbocycles. The first-order valence-corrected chi connectivity index (χ1v) is 5.73. The fourth-order valence-electron chi connectivity index (χ4n) is 1.54. The highest BCUT2D eigenvalue weighted by Gasteiger charge is 2.01. The third-order valence-corrected chi connectivity index (χ3v) is 2.55. The van der Waals surface area contributed by atoms with E-state index < -0.39 is 0 Å². The Balaban J connectivity index is 1.78. The topological polar surface area (TPSA) is 75.1 Å². The summed E-state index contributed by atoms with van der Waals surface area (Å²) in [6, 6.07) is 7.22. The molecule has 2 N–H and O–H groups in total.